The second-order valence-electron chi connectivity index (χ2n) is 7.71. The summed E-state index contributed by atoms with van der Waals surface area (Å²) in [6.07, 6.45) is 3.47. The van der Waals surface area contributed by atoms with Crippen LogP contribution in [0.2, 0.25) is 0 Å². The van der Waals surface area contributed by atoms with Crippen LogP contribution in [0.3, 0.4) is 0 Å². The zero-order valence-corrected chi connectivity index (χ0v) is 18.6. The summed E-state index contributed by atoms with van der Waals surface area (Å²) in [4.78, 5) is 30.2. The van der Waals surface area contributed by atoms with Gasteiger partial charge in [0.15, 0.2) is 5.82 Å². The Kier molecular flexibility index (Phi) is 5.74. The zero-order valence-electron chi connectivity index (χ0n) is 18.6. The average Bonchev–Trinajstić information content (AvgIpc) is 3.21. The average molecular weight is 450 g/mol. The third-order valence-electron chi connectivity index (χ3n) is 5.52. The van der Waals surface area contributed by atoms with E-state index in [0.29, 0.717) is 23.3 Å². The van der Waals surface area contributed by atoms with Gasteiger partial charge in [0.1, 0.15) is 6.54 Å². The van der Waals surface area contributed by atoms with Crippen LogP contribution in [0.25, 0.3) is 33.2 Å². The molecule has 3 aromatic carbocycles. The topological polar surface area (TPSA) is 78.5 Å². The summed E-state index contributed by atoms with van der Waals surface area (Å²) in [5, 5.41) is 5.97. The van der Waals surface area contributed by atoms with Gasteiger partial charge in [0.2, 0.25) is 0 Å². The van der Waals surface area contributed by atoms with Crippen LogP contribution in [0.4, 0.5) is 0 Å². The molecule has 2 aromatic heterocycles. The Morgan fingerprint density at radius 2 is 1.68 bits per heavy atom. The maximum Gasteiger partial charge on any atom is 0.325 e. The highest BCUT2D eigenvalue weighted by molar-refractivity contribution is 6.00. The molecule has 0 fully saturated rings. The molecule has 0 unspecified atom stereocenters. The monoisotopic (exact) mass is 450 g/mol. The molecule has 2 heterocycles. The molecule has 0 amide bonds. The molecule has 0 radical (unpaired) electrons. The van der Waals surface area contributed by atoms with Crippen molar-refractivity contribution in [3.63, 3.8) is 0 Å². The lowest BCUT2D eigenvalue weighted by atomic mass is 10.2. The van der Waals surface area contributed by atoms with E-state index in [1.165, 1.54) is 4.68 Å². The summed E-state index contributed by atoms with van der Waals surface area (Å²) in [5.41, 5.74) is 2.80. The molecule has 5 aromatic rings. The van der Waals surface area contributed by atoms with Crippen molar-refractivity contribution < 1.29 is 9.53 Å². The first-order chi connectivity index (χ1) is 16.7. The minimum absolute atomic E-state index is 0.0922. The van der Waals surface area contributed by atoms with Gasteiger partial charge in [-0.3, -0.25) is 9.59 Å². The molecular formula is C27H22N4O3. The molecule has 0 spiro atoms. The van der Waals surface area contributed by atoms with Crippen LogP contribution in [0.15, 0.2) is 95.0 Å². The van der Waals surface area contributed by atoms with Crippen LogP contribution in [0.1, 0.15) is 12.5 Å². The largest absolute Gasteiger partial charge is 0.465 e. The normalized spacial score (nSPS) is 11.4. The smallest absolute Gasteiger partial charge is 0.325 e. The molecule has 5 rings (SSSR count). The van der Waals surface area contributed by atoms with Crippen molar-refractivity contribution in [3.05, 3.63) is 101 Å². The lowest BCUT2D eigenvalue weighted by molar-refractivity contribution is -0.143. The summed E-state index contributed by atoms with van der Waals surface area (Å²) in [5.74, 6) is 0.142. The fourth-order valence-corrected chi connectivity index (χ4v) is 3.98. The third kappa shape index (κ3) is 3.99. The van der Waals surface area contributed by atoms with E-state index < -0.39 is 0 Å². The van der Waals surface area contributed by atoms with Crippen LogP contribution >= 0.6 is 0 Å². The van der Waals surface area contributed by atoms with Gasteiger partial charge in [-0.15, -0.1) is 0 Å². The number of para-hydroxylation sites is 2. The summed E-state index contributed by atoms with van der Waals surface area (Å²) in [6.45, 7) is 2.20. The Bertz CT molecular complexity index is 1580. The fourth-order valence-electron chi connectivity index (χ4n) is 3.98. The van der Waals surface area contributed by atoms with Crippen molar-refractivity contribution >= 4 is 34.0 Å². The van der Waals surface area contributed by atoms with E-state index in [4.69, 9.17) is 9.72 Å². The van der Waals surface area contributed by atoms with Crippen molar-refractivity contribution in [2.75, 3.05) is 6.61 Å². The summed E-state index contributed by atoms with van der Waals surface area (Å²) < 4.78 is 8.26. The van der Waals surface area contributed by atoms with E-state index >= 15 is 0 Å². The standard InChI is InChI=1S/C27H22N4O3/c1-2-34-25(32)18-30-17-20(21-12-7-9-15-24(21)30)16-28-31-26(19-10-4-3-5-11-19)29-23-14-8-6-13-22(23)27(31)33/h3-17H,2,18H2,1H3. The number of benzene rings is 3. The Labute approximate surface area is 195 Å². The van der Waals surface area contributed by atoms with Gasteiger partial charge < -0.3 is 9.30 Å². The number of rotatable bonds is 6. The van der Waals surface area contributed by atoms with Gasteiger partial charge in [-0.25, -0.2) is 4.98 Å². The molecule has 7 heteroatoms. The van der Waals surface area contributed by atoms with Crippen molar-refractivity contribution in [1.29, 1.82) is 0 Å². The minimum Gasteiger partial charge on any atom is -0.465 e. The number of fused-ring (bicyclic) bond motifs is 2. The number of esters is 1. The zero-order chi connectivity index (χ0) is 23.5. The van der Waals surface area contributed by atoms with Crippen LogP contribution < -0.4 is 5.56 Å². The van der Waals surface area contributed by atoms with Gasteiger partial charge in [0, 0.05) is 28.2 Å². The van der Waals surface area contributed by atoms with Gasteiger partial charge in [0.25, 0.3) is 5.56 Å². The molecule has 0 atom stereocenters. The lowest BCUT2D eigenvalue weighted by Gasteiger charge is -2.09. The van der Waals surface area contributed by atoms with E-state index in [9.17, 15) is 9.59 Å². The highest BCUT2D eigenvalue weighted by Gasteiger charge is 2.14. The first-order valence-corrected chi connectivity index (χ1v) is 11.0. The van der Waals surface area contributed by atoms with Crippen molar-refractivity contribution in [2.45, 2.75) is 13.5 Å². The number of hydrogen-bond acceptors (Lipinski definition) is 5. The number of hydrogen-bond donors (Lipinski definition) is 0. The fraction of sp³-hybridized carbons (Fsp3) is 0.111. The van der Waals surface area contributed by atoms with Crippen molar-refractivity contribution in [1.82, 2.24) is 14.2 Å². The quantitative estimate of drug-likeness (QED) is 0.283. The van der Waals surface area contributed by atoms with Crippen LogP contribution in [0, 0.1) is 0 Å². The minimum atomic E-state index is -0.312. The Hall–Kier alpha value is -4.52. The number of ether oxygens (including phenoxy) is 1. The molecule has 34 heavy (non-hydrogen) atoms. The van der Waals surface area contributed by atoms with Gasteiger partial charge in [-0.2, -0.15) is 9.78 Å². The Morgan fingerprint density at radius 1 is 0.971 bits per heavy atom. The predicted molar refractivity (Wildman–Crippen MR) is 133 cm³/mol. The Morgan fingerprint density at radius 3 is 2.47 bits per heavy atom. The van der Waals surface area contributed by atoms with E-state index in [0.717, 1.165) is 22.0 Å². The molecule has 7 nitrogen and oxygen atoms in total. The molecule has 0 aliphatic carbocycles. The summed E-state index contributed by atoms with van der Waals surface area (Å²) in [7, 11) is 0. The molecule has 0 bridgehead atoms. The van der Waals surface area contributed by atoms with E-state index in [2.05, 4.69) is 5.10 Å². The predicted octanol–water partition coefficient (Wildman–Crippen LogP) is 4.46. The third-order valence-corrected chi connectivity index (χ3v) is 5.52. The molecule has 0 saturated carbocycles. The number of carbonyl (C=O) groups excluding carboxylic acids is 1. The molecule has 0 saturated heterocycles. The van der Waals surface area contributed by atoms with Gasteiger partial charge in [-0.1, -0.05) is 60.7 Å². The Balaban J connectivity index is 1.65. The van der Waals surface area contributed by atoms with E-state index in [-0.39, 0.29) is 18.1 Å². The molecule has 0 N–H and O–H groups in total. The summed E-state index contributed by atoms with van der Waals surface area (Å²) >= 11 is 0. The number of nitrogens with zero attached hydrogens (tertiary/aromatic N) is 4. The summed E-state index contributed by atoms with van der Waals surface area (Å²) in [6, 6.07) is 24.5. The van der Waals surface area contributed by atoms with Crippen LogP contribution in [0.5, 0.6) is 0 Å². The van der Waals surface area contributed by atoms with Crippen molar-refractivity contribution in [2.24, 2.45) is 5.10 Å². The second kappa shape index (κ2) is 9.15. The molecular weight excluding hydrogens is 428 g/mol. The van der Waals surface area contributed by atoms with E-state index in [1.807, 2.05) is 83.6 Å². The van der Waals surface area contributed by atoms with Gasteiger partial charge in [0.05, 0.1) is 23.7 Å². The van der Waals surface area contributed by atoms with Gasteiger partial charge in [-0.05, 0) is 25.1 Å². The van der Waals surface area contributed by atoms with Gasteiger partial charge >= 0.3 is 5.97 Å². The molecule has 0 aliphatic heterocycles. The van der Waals surface area contributed by atoms with Crippen molar-refractivity contribution in [3.8, 4) is 11.4 Å². The number of carbonyl (C=O) groups is 1. The lowest BCUT2D eigenvalue weighted by Crippen LogP contribution is -2.20. The maximum atomic E-state index is 13.4. The molecule has 168 valence electrons. The maximum absolute atomic E-state index is 13.4. The van der Waals surface area contributed by atoms with Crippen LogP contribution in [-0.2, 0) is 16.1 Å². The second-order valence-corrected chi connectivity index (χ2v) is 7.71. The first-order valence-electron chi connectivity index (χ1n) is 11.0. The SMILES string of the molecule is CCOC(=O)Cn1cc(C=Nn2c(-c3ccccc3)nc3ccccc3c2=O)c2ccccc21. The van der Waals surface area contributed by atoms with E-state index in [1.54, 1.807) is 19.2 Å². The first kappa shape index (κ1) is 21.3. The highest BCUT2D eigenvalue weighted by atomic mass is 16.5. The molecule has 0 aliphatic rings. The number of aromatic nitrogens is 3. The van der Waals surface area contributed by atoms with Crippen LogP contribution in [-0.4, -0.2) is 33.0 Å². The highest BCUT2D eigenvalue weighted by Crippen LogP contribution is 2.22.